The Bertz CT molecular complexity index is 1020. The molecule has 3 N–H and O–H groups in total. The molecule has 1 aromatic heterocycles. The highest BCUT2D eigenvalue weighted by atomic mass is 19.4. The number of carbonyl (C=O) groups is 1. The number of methoxy groups -OCH3 is 1. The number of alkyl halides is 3. The second-order valence-electron chi connectivity index (χ2n) is 6.25. The Balaban J connectivity index is 2.12. The van der Waals surface area contributed by atoms with Crippen molar-refractivity contribution in [3.63, 3.8) is 0 Å². The zero-order valence-electron chi connectivity index (χ0n) is 15.5. The molecule has 0 aliphatic heterocycles. The summed E-state index contributed by atoms with van der Waals surface area (Å²) < 4.78 is 45.0. The van der Waals surface area contributed by atoms with Gasteiger partial charge in [0, 0.05) is 24.5 Å². The fourth-order valence-corrected chi connectivity index (χ4v) is 2.92. The van der Waals surface area contributed by atoms with E-state index in [1.165, 1.54) is 19.2 Å². The second-order valence-corrected chi connectivity index (χ2v) is 6.25. The summed E-state index contributed by atoms with van der Waals surface area (Å²) in [7, 11) is 1.29. The Morgan fingerprint density at radius 3 is 2.48 bits per heavy atom. The molecule has 1 amide bonds. The Labute approximate surface area is 165 Å². The first-order chi connectivity index (χ1) is 13.8. The molecule has 1 heterocycles. The van der Waals surface area contributed by atoms with Crippen LogP contribution >= 0.6 is 0 Å². The summed E-state index contributed by atoms with van der Waals surface area (Å²) in [4.78, 5) is 15.9. The number of hydrogen-bond acceptors (Lipinski definition) is 4. The van der Waals surface area contributed by atoms with Crippen molar-refractivity contribution >= 4 is 11.6 Å². The lowest BCUT2D eigenvalue weighted by Gasteiger charge is -2.17. The number of nitrogens with zero attached hydrogens (tertiary/aromatic N) is 1. The topological polar surface area (TPSA) is 77.2 Å². The van der Waals surface area contributed by atoms with Crippen molar-refractivity contribution in [1.29, 1.82) is 0 Å². The maximum Gasteiger partial charge on any atom is 0.416 e. The van der Waals surface area contributed by atoms with Gasteiger partial charge in [0.05, 0.1) is 23.9 Å². The standard InChI is InChI=1S/C21H18F3N3O2/c1-29-16-10-14(9-15(11-16)21(22,23)24)17-3-2-4-18(20(25)28)19(17)27-12-13-5-7-26-8-6-13/h2-11,27H,12H2,1H3,(H2,25,28). The summed E-state index contributed by atoms with van der Waals surface area (Å²) >= 11 is 0. The molecular formula is C21H18F3N3O2. The minimum Gasteiger partial charge on any atom is -0.497 e. The number of anilines is 1. The van der Waals surface area contributed by atoms with E-state index < -0.39 is 17.6 Å². The summed E-state index contributed by atoms with van der Waals surface area (Å²) in [6, 6.07) is 11.7. The Hall–Kier alpha value is -3.55. The van der Waals surface area contributed by atoms with E-state index in [0.29, 0.717) is 17.8 Å². The number of pyridine rings is 1. The van der Waals surface area contributed by atoms with E-state index in [4.69, 9.17) is 10.5 Å². The Morgan fingerprint density at radius 2 is 1.86 bits per heavy atom. The van der Waals surface area contributed by atoms with Crippen LogP contribution < -0.4 is 15.8 Å². The van der Waals surface area contributed by atoms with Crippen molar-refractivity contribution in [3.05, 3.63) is 77.6 Å². The van der Waals surface area contributed by atoms with Gasteiger partial charge in [-0.25, -0.2) is 0 Å². The predicted octanol–water partition coefficient (Wildman–Crippen LogP) is 4.49. The summed E-state index contributed by atoms with van der Waals surface area (Å²) in [6.45, 7) is 0.329. The van der Waals surface area contributed by atoms with Crippen molar-refractivity contribution in [1.82, 2.24) is 4.98 Å². The maximum absolute atomic E-state index is 13.3. The molecule has 2 aromatic carbocycles. The molecule has 0 saturated heterocycles. The summed E-state index contributed by atoms with van der Waals surface area (Å²) in [5.41, 5.74) is 6.69. The molecule has 0 bridgehead atoms. The lowest BCUT2D eigenvalue weighted by atomic mass is 9.97. The fraction of sp³-hybridized carbons (Fsp3) is 0.143. The Morgan fingerprint density at radius 1 is 1.14 bits per heavy atom. The number of ether oxygens (including phenoxy) is 1. The maximum atomic E-state index is 13.3. The van der Waals surface area contributed by atoms with Gasteiger partial charge in [0.25, 0.3) is 5.91 Å². The number of para-hydroxylation sites is 1. The molecule has 150 valence electrons. The van der Waals surface area contributed by atoms with Crippen molar-refractivity contribution in [3.8, 4) is 16.9 Å². The average Bonchev–Trinajstić information content (AvgIpc) is 2.71. The van der Waals surface area contributed by atoms with Gasteiger partial charge in [-0.1, -0.05) is 12.1 Å². The third-order valence-electron chi connectivity index (χ3n) is 4.33. The summed E-state index contributed by atoms with van der Waals surface area (Å²) in [5, 5.41) is 3.12. The number of nitrogens with one attached hydrogen (secondary N) is 1. The number of nitrogens with two attached hydrogens (primary N) is 1. The van der Waals surface area contributed by atoms with Crippen LogP contribution in [-0.2, 0) is 12.7 Å². The average molecular weight is 401 g/mol. The minimum absolute atomic E-state index is 0.0550. The van der Waals surface area contributed by atoms with Crippen molar-refractivity contribution < 1.29 is 22.7 Å². The van der Waals surface area contributed by atoms with Crippen LogP contribution in [0.2, 0.25) is 0 Å². The van der Waals surface area contributed by atoms with Crippen molar-refractivity contribution in [2.75, 3.05) is 12.4 Å². The predicted molar refractivity (Wildman–Crippen MR) is 104 cm³/mol. The third kappa shape index (κ3) is 4.66. The second kappa shape index (κ2) is 8.22. The van der Waals surface area contributed by atoms with E-state index in [0.717, 1.165) is 17.7 Å². The number of amides is 1. The lowest BCUT2D eigenvalue weighted by molar-refractivity contribution is -0.137. The van der Waals surface area contributed by atoms with Crippen LogP contribution in [0.1, 0.15) is 21.5 Å². The molecule has 0 unspecified atom stereocenters. The molecule has 0 atom stereocenters. The van der Waals surface area contributed by atoms with Crippen LogP contribution in [-0.4, -0.2) is 18.0 Å². The number of aromatic nitrogens is 1. The summed E-state index contributed by atoms with van der Waals surface area (Å²) in [6.07, 6.45) is -1.31. The quantitative estimate of drug-likeness (QED) is 0.638. The van der Waals surface area contributed by atoms with E-state index in [1.54, 1.807) is 36.7 Å². The normalized spacial score (nSPS) is 11.2. The molecule has 0 aliphatic rings. The van der Waals surface area contributed by atoms with Gasteiger partial charge in [-0.05, 0) is 47.5 Å². The van der Waals surface area contributed by atoms with Gasteiger partial charge in [-0.15, -0.1) is 0 Å². The number of primary amides is 1. The molecule has 0 fully saturated rings. The van der Waals surface area contributed by atoms with Crippen LogP contribution in [0.5, 0.6) is 5.75 Å². The van der Waals surface area contributed by atoms with Crippen molar-refractivity contribution in [2.45, 2.75) is 12.7 Å². The first kappa shape index (κ1) is 20.2. The number of halogens is 3. The lowest BCUT2D eigenvalue weighted by Crippen LogP contribution is -2.15. The van der Waals surface area contributed by atoms with Gasteiger partial charge in [0.15, 0.2) is 0 Å². The fourth-order valence-electron chi connectivity index (χ4n) is 2.92. The first-order valence-corrected chi connectivity index (χ1v) is 8.62. The molecule has 29 heavy (non-hydrogen) atoms. The Kier molecular flexibility index (Phi) is 5.72. The van der Waals surface area contributed by atoms with E-state index >= 15 is 0 Å². The highest BCUT2D eigenvalue weighted by Gasteiger charge is 2.32. The van der Waals surface area contributed by atoms with E-state index in [-0.39, 0.29) is 16.9 Å². The highest BCUT2D eigenvalue weighted by molar-refractivity contribution is 6.02. The molecule has 0 radical (unpaired) electrons. The van der Waals surface area contributed by atoms with Crippen LogP contribution in [0.15, 0.2) is 60.9 Å². The van der Waals surface area contributed by atoms with Crippen LogP contribution in [0, 0.1) is 0 Å². The first-order valence-electron chi connectivity index (χ1n) is 8.62. The molecule has 0 saturated carbocycles. The van der Waals surface area contributed by atoms with Gasteiger partial charge >= 0.3 is 6.18 Å². The SMILES string of the molecule is COc1cc(-c2cccc(C(N)=O)c2NCc2ccncc2)cc(C(F)(F)F)c1. The zero-order valence-corrected chi connectivity index (χ0v) is 15.5. The van der Waals surface area contributed by atoms with Crippen molar-refractivity contribution in [2.24, 2.45) is 5.73 Å². The van der Waals surface area contributed by atoms with Gasteiger partial charge in [0.1, 0.15) is 5.75 Å². The molecule has 0 spiro atoms. The molecular weight excluding hydrogens is 383 g/mol. The van der Waals surface area contributed by atoms with Crippen LogP contribution in [0.3, 0.4) is 0 Å². The zero-order chi connectivity index (χ0) is 21.0. The molecule has 0 aliphatic carbocycles. The number of carbonyl (C=O) groups excluding carboxylic acids is 1. The summed E-state index contributed by atoms with van der Waals surface area (Å²) in [5.74, 6) is -0.637. The molecule has 3 aromatic rings. The molecule has 8 heteroatoms. The molecule has 3 rings (SSSR count). The largest absolute Gasteiger partial charge is 0.497 e. The number of benzene rings is 2. The number of hydrogen-bond donors (Lipinski definition) is 2. The smallest absolute Gasteiger partial charge is 0.416 e. The van der Waals surface area contributed by atoms with Crippen LogP contribution in [0.25, 0.3) is 11.1 Å². The highest BCUT2D eigenvalue weighted by Crippen LogP contribution is 2.38. The van der Waals surface area contributed by atoms with E-state index in [1.807, 2.05) is 0 Å². The van der Waals surface area contributed by atoms with Gasteiger partial charge in [-0.2, -0.15) is 13.2 Å². The van der Waals surface area contributed by atoms with Gasteiger partial charge < -0.3 is 15.8 Å². The van der Waals surface area contributed by atoms with Gasteiger partial charge in [0.2, 0.25) is 0 Å². The monoisotopic (exact) mass is 401 g/mol. The minimum atomic E-state index is -4.55. The third-order valence-corrected chi connectivity index (χ3v) is 4.33. The van der Waals surface area contributed by atoms with Crippen LogP contribution in [0.4, 0.5) is 18.9 Å². The number of rotatable bonds is 6. The van der Waals surface area contributed by atoms with E-state index in [9.17, 15) is 18.0 Å². The molecule has 5 nitrogen and oxygen atoms in total. The van der Waals surface area contributed by atoms with E-state index in [2.05, 4.69) is 10.3 Å². The van der Waals surface area contributed by atoms with Gasteiger partial charge in [-0.3, -0.25) is 9.78 Å².